The quantitative estimate of drug-likeness (QED) is 0.0782. The van der Waals surface area contributed by atoms with Gasteiger partial charge in [0.25, 0.3) is 0 Å². The Morgan fingerprint density at radius 3 is 1.78 bits per heavy atom. The molecule has 0 aliphatic carbocycles. The summed E-state index contributed by atoms with van der Waals surface area (Å²) in [7, 11) is 0. The van der Waals surface area contributed by atoms with Crippen molar-refractivity contribution in [2.24, 2.45) is 17.2 Å². The number of carboxylic acid groups (broad SMARTS) is 2. The van der Waals surface area contributed by atoms with Crippen LogP contribution in [0, 0.1) is 0 Å². The van der Waals surface area contributed by atoms with E-state index in [-0.39, 0.29) is 25.7 Å². The van der Waals surface area contributed by atoms with Crippen molar-refractivity contribution < 1.29 is 39.0 Å². The molecule has 14 nitrogen and oxygen atoms in total. The van der Waals surface area contributed by atoms with Gasteiger partial charge >= 0.3 is 11.9 Å². The number of rotatable bonds is 20. The summed E-state index contributed by atoms with van der Waals surface area (Å²) >= 11 is 1.47. The molecule has 0 bridgehead atoms. The summed E-state index contributed by atoms with van der Waals surface area (Å²) in [5, 5.41) is 25.5. The van der Waals surface area contributed by atoms with Gasteiger partial charge in [-0.25, -0.2) is 4.79 Å². The van der Waals surface area contributed by atoms with E-state index >= 15 is 0 Å². The van der Waals surface area contributed by atoms with Crippen LogP contribution < -0.4 is 33.2 Å². The van der Waals surface area contributed by atoms with Crippen LogP contribution in [-0.4, -0.2) is 88.5 Å². The van der Waals surface area contributed by atoms with Crippen molar-refractivity contribution >= 4 is 47.3 Å². The van der Waals surface area contributed by atoms with E-state index in [9.17, 15) is 33.9 Å². The Labute approximate surface area is 213 Å². The number of primary amides is 1. The molecule has 0 aliphatic rings. The fourth-order valence-corrected chi connectivity index (χ4v) is 3.53. The summed E-state index contributed by atoms with van der Waals surface area (Å²) < 4.78 is 0. The van der Waals surface area contributed by atoms with Crippen molar-refractivity contribution in [2.75, 3.05) is 18.6 Å². The van der Waals surface area contributed by atoms with Gasteiger partial charge in [-0.05, 0) is 57.1 Å². The third-order valence-electron chi connectivity index (χ3n) is 5.12. The summed E-state index contributed by atoms with van der Waals surface area (Å²) in [6.07, 6.45) is 1.95. The Hall–Kier alpha value is -2.91. The molecule has 11 N–H and O–H groups in total. The van der Waals surface area contributed by atoms with Crippen LogP contribution >= 0.6 is 11.8 Å². The third kappa shape index (κ3) is 14.5. The average Bonchev–Trinajstić information content (AvgIpc) is 2.81. The minimum Gasteiger partial charge on any atom is -0.481 e. The van der Waals surface area contributed by atoms with Gasteiger partial charge in [0, 0.05) is 12.8 Å². The topological polar surface area (TPSA) is 257 Å². The first-order valence-electron chi connectivity index (χ1n) is 11.5. The lowest BCUT2D eigenvalue weighted by Crippen LogP contribution is -2.57. The lowest BCUT2D eigenvalue weighted by atomic mass is 10.0. The molecule has 4 atom stereocenters. The maximum Gasteiger partial charge on any atom is 0.326 e. The molecule has 0 radical (unpaired) electrons. The minimum absolute atomic E-state index is 0.0972. The fraction of sp³-hybridized carbons (Fsp3) is 0.714. The van der Waals surface area contributed by atoms with Gasteiger partial charge in [0.05, 0.1) is 6.04 Å². The van der Waals surface area contributed by atoms with E-state index in [0.717, 1.165) is 0 Å². The van der Waals surface area contributed by atoms with Crippen LogP contribution in [-0.2, 0) is 28.8 Å². The maximum absolute atomic E-state index is 12.9. The van der Waals surface area contributed by atoms with Crippen LogP contribution in [0.2, 0.25) is 0 Å². The largest absolute Gasteiger partial charge is 0.481 e. The average molecular weight is 535 g/mol. The Balaban J connectivity index is 5.55. The molecule has 0 aromatic carbocycles. The molecule has 36 heavy (non-hydrogen) atoms. The summed E-state index contributed by atoms with van der Waals surface area (Å²) in [6.45, 7) is 0.349. The van der Waals surface area contributed by atoms with Crippen LogP contribution in [0.4, 0.5) is 0 Å². The molecular formula is C21H38N6O8S. The smallest absolute Gasteiger partial charge is 0.326 e. The number of thioether (sulfide) groups is 1. The van der Waals surface area contributed by atoms with Gasteiger partial charge in [-0.3, -0.25) is 24.0 Å². The molecule has 4 unspecified atom stereocenters. The zero-order chi connectivity index (χ0) is 27.7. The molecule has 0 saturated carbocycles. The summed E-state index contributed by atoms with van der Waals surface area (Å²) in [4.78, 5) is 72.0. The second-order valence-electron chi connectivity index (χ2n) is 8.13. The van der Waals surface area contributed by atoms with Crippen LogP contribution in [0.1, 0.15) is 51.4 Å². The Morgan fingerprint density at radius 2 is 1.31 bits per heavy atom. The summed E-state index contributed by atoms with van der Waals surface area (Å²) in [6, 6.07) is -4.89. The van der Waals surface area contributed by atoms with Crippen molar-refractivity contribution in [3.05, 3.63) is 0 Å². The van der Waals surface area contributed by atoms with Gasteiger partial charge in [0.1, 0.15) is 18.1 Å². The molecule has 0 aromatic heterocycles. The highest BCUT2D eigenvalue weighted by Gasteiger charge is 2.30. The van der Waals surface area contributed by atoms with Crippen LogP contribution in [0.15, 0.2) is 0 Å². The first-order valence-corrected chi connectivity index (χ1v) is 12.9. The summed E-state index contributed by atoms with van der Waals surface area (Å²) in [5.74, 6) is -5.09. The number of unbranched alkanes of at least 4 members (excludes halogenated alkanes) is 1. The number of hydrogen-bond acceptors (Lipinski definition) is 9. The Kier molecular flexibility index (Phi) is 16.9. The van der Waals surface area contributed by atoms with Crippen molar-refractivity contribution in [1.82, 2.24) is 16.0 Å². The van der Waals surface area contributed by atoms with E-state index in [0.29, 0.717) is 31.6 Å². The second-order valence-corrected chi connectivity index (χ2v) is 9.12. The van der Waals surface area contributed by atoms with Gasteiger partial charge < -0.3 is 43.4 Å². The van der Waals surface area contributed by atoms with E-state index in [1.807, 2.05) is 6.26 Å². The normalized spacial score (nSPS) is 14.1. The van der Waals surface area contributed by atoms with E-state index in [1.165, 1.54) is 11.8 Å². The van der Waals surface area contributed by atoms with Crippen LogP contribution in [0.3, 0.4) is 0 Å². The fourth-order valence-electron chi connectivity index (χ4n) is 3.04. The lowest BCUT2D eigenvalue weighted by molar-refractivity contribution is -0.142. The zero-order valence-corrected chi connectivity index (χ0v) is 21.2. The highest BCUT2D eigenvalue weighted by atomic mass is 32.2. The Morgan fingerprint density at radius 1 is 0.778 bits per heavy atom. The zero-order valence-electron chi connectivity index (χ0n) is 20.4. The van der Waals surface area contributed by atoms with Crippen molar-refractivity contribution in [2.45, 2.75) is 75.5 Å². The number of nitrogens with two attached hydrogens (primary N) is 3. The standard InChI is InChI=1S/C21H38N6O8S/c1-36-11-9-12(23)18(31)25-14(6-8-17(29)30)19(32)26-13(5-7-16(24)28)20(33)27-15(21(34)35)4-2-3-10-22/h12-15H,2-11,22-23H2,1H3,(H2,24,28)(H,25,31)(H,26,32)(H,27,33)(H,29,30)(H,34,35). The van der Waals surface area contributed by atoms with Crippen LogP contribution in [0.5, 0.6) is 0 Å². The monoisotopic (exact) mass is 534 g/mol. The molecule has 0 rings (SSSR count). The number of nitrogens with one attached hydrogen (secondary N) is 3. The number of carboxylic acids is 2. The molecule has 0 aromatic rings. The second kappa shape index (κ2) is 18.4. The van der Waals surface area contributed by atoms with Crippen molar-refractivity contribution in [1.29, 1.82) is 0 Å². The SMILES string of the molecule is CSCCC(N)C(=O)NC(CCC(=O)O)C(=O)NC(CCC(N)=O)C(=O)NC(CCCCN)C(=O)O. The molecule has 0 aliphatic heterocycles. The molecule has 0 heterocycles. The highest BCUT2D eigenvalue weighted by Crippen LogP contribution is 2.07. The molecular weight excluding hydrogens is 496 g/mol. The van der Waals surface area contributed by atoms with Crippen LogP contribution in [0.25, 0.3) is 0 Å². The lowest BCUT2D eigenvalue weighted by Gasteiger charge is -2.25. The highest BCUT2D eigenvalue weighted by molar-refractivity contribution is 7.98. The van der Waals surface area contributed by atoms with E-state index in [1.54, 1.807) is 0 Å². The first kappa shape index (κ1) is 33.1. The molecule has 0 fully saturated rings. The minimum atomic E-state index is -1.37. The molecule has 0 saturated heterocycles. The number of carbonyl (C=O) groups is 6. The number of hydrogen-bond donors (Lipinski definition) is 8. The van der Waals surface area contributed by atoms with Gasteiger partial charge in [0.15, 0.2) is 0 Å². The molecule has 15 heteroatoms. The van der Waals surface area contributed by atoms with E-state index in [4.69, 9.17) is 22.3 Å². The number of carbonyl (C=O) groups excluding carboxylic acids is 4. The third-order valence-corrected chi connectivity index (χ3v) is 5.77. The molecule has 206 valence electrons. The van der Waals surface area contributed by atoms with Gasteiger partial charge in [-0.15, -0.1) is 0 Å². The predicted molar refractivity (Wildman–Crippen MR) is 133 cm³/mol. The number of aliphatic carboxylic acids is 2. The Bertz CT molecular complexity index is 769. The van der Waals surface area contributed by atoms with E-state index < -0.39 is 66.2 Å². The first-order chi connectivity index (χ1) is 16.9. The van der Waals surface area contributed by atoms with Crippen molar-refractivity contribution in [3.8, 4) is 0 Å². The summed E-state index contributed by atoms with van der Waals surface area (Å²) in [5.41, 5.74) is 16.4. The predicted octanol–water partition coefficient (Wildman–Crippen LogP) is -2.13. The van der Waals surface area contributed by atoms with Gasteiger partial charge in [-0.1, -0.05) is 0 Å². The van der Waals surface area contributed by atoms with Gasteiger partial charge in [0.2, 0.25) is 23.6 Å². The maximum atomic E-state index is 12.9. The molecule has 4 amide bonds. The van der Waals surface area contributed by atoms with Crippen molar-refractivity contribution in [3.63, 3.8) is 0 Å². The number of amides is 4. The van der Waals surface area contributed by atoms with Gasteiger partial charge in [-0.2, -0.15) is 11.8 Å². The molecule has 0 spiro atoms. The van der Waals surface area contributed by atoms with E-state index in [2.05, 4.69) is 16.0 Å².